The number of aryl methyl sites for hydroxylation is 2. The van der Waals surface area contributed by atoms with E-state index in [1.165, 1.54) is 4.31 Å². The van der Waals surface area contributed by atoms with Crippen molar-refractivity contribution in [2.45, 2.75) is 18.1 Å². The maximum Gasteiger partial charge on any atom is 0.273 e. The van der Waals surface area contributed by atoms with Crippen molar-refractivity contribution in [3.05, 3.63) is 57.9 Å². The number of anilines is 1. The van der Waals surface area contributed by atoms with Gasteiger partial charge in [-0.05, 0) is 43.2 Å². The van der Waals surface area contributed by atoms with Gasteiger partial charge in [-0.3, -0.25) is 4.31 Å². The predicted octanol–water partition coefficient (Wildman–Crippen LogP) is 5.48. The lowest BCUT2D eigenvalue weighted by atomic mass is 10.0. The minimum atomic E-state index is -3.67. The third-order valence-corrected chi connectivity index (χ3v) is 8.16. The molecule has 0 fully saturated rings. The van der Waals surface area contributed by atoms with E-state index in [2.05, 4.69) is 24.0 Å². The number of para-hydroxylation sites is 1. The molecule has 0 saturated heterocycles. The molecular weight excluding hydrogens is 388 g/mol. The van der Waals surface area contributed by atoms with Gasteiger partial charge in [0.05, 0.1) is 15.5 Å². The van der Waals surface area contributed by atoms with Crippen LogP contribution in [0, 0.1) is 13.8 Å². The lowest BCUT2D eigenvalue weighted by Gasteiger charge is -2.19. The van der Waals surface area contributed by atoms with Crippen LogP contribution in [0.1, 0.15) is 11.1 Å². The minimum absolute atomic E-state index is 0.227. The number of hydrogen-bond donors (Lipinski definition) is 1. The van der Waals surface area contributed by atoms with Gasteiger partial charge in [0.15, 0.2) is 0 Å². The predicted molar refractivity (Wildman–Crippen MR) is 110 cm³/mol. The number of thiophene rings is 1. The van der Waals surface area contributed by atoms with Gasteiger partial charge in [-0.15, -0.1) is 11.3 Å². The highest BCUT2D eigenvalue weighted by Crippen LogP contribution is 2.37. The molecule has 4 nitrogen and oxygen atoms in total. The maximum absolute atomic E-state index is 13.0. The lowest BCUT2D eigenvalue weighted by molar-refractivity contribution is 0.596. The summed E-state index contributed by atoms with van der Waals surface area (Å²) in [6.45, 7) is 4.11. The van der Waals surface area contributed by atoms with Crippen molar-refractivity contribution in [3.8, 4) is 0 Å². The smallest absolute Gasteiger partial charge is 0.273 e. The van der Waals surface area contributed by atoms with E-state index in [1.807, 2.05) is 25.1 Å². The van der Waals surface area contributed by atoms with Gasteiger partial charge < -0.3 is 4.98 Å². The van der Waals surface area contributed by atoms with E-state index in [1.54, 1.807) is 19.2 Å². The molecule has 2 heterocycles. The summed E-state index contributed by atoms with van der Waals surface area (Å²) in [5, 5.41) is 2.15. The summed E-state index contributed by atoms with van der Waals surface area (Å²) in [7, 11) is -2.10. The largest absolute Gasteiger partial charge is 0.353 e. The van der Waals surface area contributed by atoms with Crippen LogP contribution in [-0.4, -0.2) is 20.4 Å². The van der Waals surface area contributed by atoms with Crippen LogP contribution < -0.4 is 4.31 Å². The van der Waals surface area contributed by atoms with Gasteiger partial charge in [0.1, 0.15) is 4.21 Å². The molecule has 0 bridgehead atoms. The molecule has 0 aliphatic heterocycles. The maximum atomic E-state index is 13.0. The molecule has 4 aromatic rings. The van der Waals surface area contributed by atoms with Crippen LogP contribution in [0.2, 0.25) is 4.34 Å². The van der Waals surface area contributed by atoms with Gasteiger partial charge in [0.2, 0.25) is 0 Å². The van der Waals surface area contributed by atoms with Crippen molar-refractivity contribution in [1.82, 2.24) is 4.98 Å². The third kappa shape index (κ3) is 2.52. The first kappa shape index (κ1) is 17.4. The first-order valence-electron chi connectivity index (χ1n) is 8.05. The number of sulfonamides is 1. The number of nitrogens with zero attached hydrogens (tertiary/aromatic N) is 1. The number of rotatable bonds is 3. The second kappa shape index (κ2) is 6.01. The fourth-order valence-corrected chi connectivity index (χ4v) is 6.15. The summed E-state index contributed by atoms with van der Waals surface area (Å²) in [5.41, 5.74) is 4.75. The zero-order valence-corrected chi connectivity index (χ0v) is 16.9. The summed E-state index contributed by atoms with van der Waals surface area (Å²) >= 11 is 6.99. The average Bonchev–Trinajstić information content (AvgIpc) is 3.22. The van der Waals surface area contributed by atoms with E-state index in [4.69, 9.17) is 11.6 Å². The number of hydrogen-bond acceptors (Lipinski definition) is 3. The number of aromatic amines is 1. The molecule has 0 unspecified atom stereocenters. The fraction of sp³-hybridized carbons (Fsp3) is 0.158. The highest BCUT2D eigenvalue weighted by molar-refractivity contribution is 7.94. The van der Waals surface area contributed by atoms with Gasteiger partial charge in [0.25, 0.3) is 10.0 Å². The number of nitrogens with one attached hydrogen (secondary N) is 1. The van der Waals surface area contributed by atoms with Gasteiger partial charge >= 0.3 is 0 Å². The number of fused-ring (bicyclic) bond motifs is 3. The standard InChI is InChI=1S/C19H17ClN2O2S2/c1-11-7-8-12(2)18-17(11)13-5-4-6-14(19(13)21-18)22(3)26(23,24)16-10-9-15(20)25-16/h4-10,21H,1-3H3. The Balaban J connectivity index is 1.98. The summed E-state index contributed by atoms with van der Waals surface area (Å²) in [4.78, 5) is 3.44. The molecule has 0 amide bonds. The van der Waals surface area contributed by atoms with E-state index in [9.17, 15) is 8.42 Å². The van der Waals surface area contributed by atoms with Gasteiger partial charge in [-0.2, -0.15) is 0 Å². The summed E-state index contributed by atoms with van der Waals surface area (Å²) in [6.07, 6.45) is 0. The van der Waals surface area contributed by atoms with Crippen LogP contribution in [-0.2, 0) is 10.0 Å². The molecule has 1 N–H and O–H groups in total. The zero-order chi connectivity index (χ0) is 18.6. The third-order valence-electron chi connectivity index (χ3n) is 4.69. The Labute approximate surface area is 161 Å². The summed E-state index contributed by atoms with van der Waals surface area (Å²) in [6, 6.07) is 13.0. The summed E-state index contributed by atoms with van der Waals surface area (Å²) < 4.78 is 28.0. The Bertz CT molecular complexity index is 1260. The van der Waals surface area contributed by atoms with E-state index in [0.717, 1.165) is 44.3 Å². The number of halogens is 1. The molecule has 7 heteroatoms. The number of H-pyrrole nitrogens is 1. The number of aromatic nitrogens is 1. The first-order chi connectivity index (χ1) is 12.3. The van der Waals surface area contributed by atoms with Crippen molar-refractivity contribution in [2.75, 3.05) is 11.4 Å². The van der Waals surface area contributed by atoms with E-state index in [-0.39, 0.29) is 4.21 Å². The molecule has 0 saturated carbocycles. The molecule has 0 aliphatic rings. The Morgan fingerprint density at radius 1 is 1.00 bits per heavy atom. The normalized spacial score (nSPS) is 12.2. The van der Waals surface area contributed by atoms with Crippen LogP contribution >= 0.6 is 22.9 Å². The molecule has 0 radical (unpaired) electrons. The van der Waals surface area contributed by atoms with E-state index < -0.39 is 10.0 Å². The highest BCUT2D eigenvalue weighted by Gasteiger charge is 2.25. The zero-order valence-electron chi connectivity index (χ0n) is 14.5. The fourth-order valence-electron chi connectivity index (χ4n) is 3.29. The quantitative estimate of drug-likeness (QED) is 0.491. The lowest BCUT2D eigenvalue weighted by Crippen LogP contribution is -2.26. The van der Waals surface area contributed by atoms with Gasteiger partial charge in [-0.25, -0.2) is 8.42 Å². The molecule has 2 aromatic heterocycles. The molecule has 0 spiro atoms. The van der Waals surface area contributed by atoms with Crippen molar-refractivity contribution in [1.29, 1.82) is 0 Å². The monoisotopic (exact) mass is 404 g/mol. The summed E-state index contributed by atoms with van der Waals surface area (Å²) in [5.74, 6) is 0. The molecule has 26 heavy (non-hydrogen) atoms. The van der Waals surface area contributed by atoms with E-state index >= 15 is 0 Å². The van der Waals surface area contributed by atoms with Crippen molar-refractivity contribution in [3.63, 3.8) is 0 Å². The van der Waals surface area contributed by atoms with Crippen LogP contribution in [0.4, 0.5) is 5.69 Å². The minimum Gasteiger partial charge on any atom is -0.353 e. The van der Waals surface area contributed by atoms with Crippen LogP contribution in [0.25, 0.3) is 21.8 Å². The highest BCUT2D eigenvalue weighted by atomic mass is 35.5. The Hall–Kier alpha value is -2.02. The molecule has 134 valence electrons. The van der Waals surface area contributed by atoms with Crippen molar-refractivity contribution >= 4 is 60.5 Å². The van der Waals surface area contributed by atoms with Gasteiger partial charge in [-0.1, -0.05) is 35.9 Å². The average molecular weight is 405 g/mol. The van der Waals surface area contributed by atoms with Crippen molar-refractivity contribution in [2.24, 2.45) is 0 Å². The van der Waals surface area contributed by atoms with Crippen LogP contribution in [0.3, 0.4) is 0 Å². The topological polar surface area (TPSA) is 53.2 Å². The Morgan fingerprint density at radius 2 is 1.73 bits per heavy atom. The van der Waals surface area contributed by atoms with Crippen LogP contribution in [0.5, 0.6) is 0 Å². The number of benzene rings is 2. The second-order valence-corrected chi connectivity index (χ2v) is 10.2. The molecular formula is C19H17ClN2O2S2. The second-order valence-electron chi connectivity index (χ2n) is 6.31. The molecule has 4 rings (SSSR count). The molecule has 0 atom stereocenters. The van der Waals surface area contributed by atoms with Crippen molar-refractivity contribution < 1.29 is 8.42 Å². The SMILES string of the molecule is Cc1ccc(C)c2c1[nH]c1c(N(C)S(=O)(=O)c3ccc(Cl)s3)cccc12. The van der Waals surface area contributed by atoms with Gasteiger partial charge in [0, 0.05) is 23.3 Å². The first-order valence-corrected chi connectivity index (χ1v) is 10.7. The Morgan fingerprint density at radius 3 is 2.42 bits per heavy atom. The Kier molecular flexibility index (Phi) is 4.02. The molecule has 0 aliphatic carbocycles. The van der Waals surface area contributed by atoms with E-state index in [0.29, 0.717) is 10.0 Å². The molecule has 2 aromatic carbocycles. The van der Waals surface area contributed by atoms with Crippen LogP contribution in [0.15, 0.2) is 46.7 Å².